The quantitative estimate of drug-likeness (QED) is 0.877. The maximum atomic E-state index is 6.36. The van der Waals surface area contributed by atoms with Crippen molar-refractivity contribution in [3.8, 4) is 11.5 Å². The zero-order valence-electron chi connectivity index (χ0n) is 12.5. The Hall–Kier alpha value is -0.970. The Morgan fingerprint density at radius 3 is 2.76 bits per heavy atom. The third-order valence-corrected chi connectivity index (χ3v) is 4.41. The van der Waals surface area contributed by atoms with Gasteiger partial charge in [-0.1, -0.05) is 18.5 Å². The predicted molar refractivity (Wildman–Crippen MR) is 84.3 cm³/mol. The van der Waals surface area contributed by atoms with Crippen molar-refractivity contribution in [2.45, 2.75) is 38.3 Å². The molecule has 1 aliphatic carbocycles. The highest BCUT2D eigenvalue weighted by molar-refractivity contribution is 6.32. The summed E-state index contributed by atoms with van der Waals surface area (Å²) in [6, 6.07) is 4.90. The molecule has 0 spiro atoms. The summed E-state index contributed by atoms with van der Waals surface area (Å²) >= 11 is 6.36. The molecule has 1 fully saturated rings. The van der Waals surface area contributed by atoms with E-state index in [4.69, 9.17) is 26.8 Å². The first-order valence-corrected chi connectivity index (χ1v) is 8.17. The van der Waals surface area contributed by atoms with E-state index in [1.54, 1.807) is 0 Å². The second-order valence-electron chi connectivity index (χ2n) is 5.75. The van der Waals surface area contributed by atoms with Crippen LogP contribution in [0.1, 0.15) is 37.8 Å². The van der Waals surface area contributed by atoms with Crippen LogP contribution in [0.25, 0.3) is 0 Å². The fourth-order valence-corrected chi connectivity index (χ4v) is 3.32. The summed E-state index contributed by atoms with van der Waals surface area (Å²) in [5.74, 6) is 1.41. The minimum absolute atomic E-state index is 0.200. The van der Waals surface area contributed by atoms with E-state index in [0.29, 0.717) is 36.6 Å². The molecule has 1 aromatic carbocycles. The summed E-state index contributed by atoms with van der Waals surface area (Å²) in [7, 11) is 0. The summed E-state index contributed by atoms with van der Waals surface area (Å²) in [5.41, 5.74) is 7.20. The Balaban J connectivity index is 1.90. The third kappa shape index (κ3) is 3.12. The van der Waals surface area contributed by atoms with Gasteiger partial charge in [-0.3, -0.25) is 4.90 Å². The van der Waals surface area contributed by atoms with Gasteiger partial charge >= 0.3 is 0 Å². The van der Waals surface area contributed by atoms with E-state index in [9.17, 15) is 0 Å². The van der Waals surface area contributed by atoms with Crippen molar-refractivity contribution in [2.75, 3.05) is 26.3 Å². The second-order valence-corrected chi connectivity index (χ2v) is 6.15. The molecule has 0 amide bonds. The van der Waals surface area contributed by atoms with Gasteiger partial charge in [0.2, 0.25) is 0 Å². The van der Waals surface area contributed by atoms with E-state index in [-0.39, 0.29) is 6.04 Å². The van der Waals surface area contributed by atoms with Crippen molar-refractivity contribution in [1.82, 2.24) is 4.90 Å². The zero-order valence-corrected chi connectivity index (χ0v) is 13.2. The highest BCUT2D eigenvalue weighted by Gasteiger charge is 2.34. The van der Waals surface area contributed by atoms with Crippen LogP contribution in [-0.4, -0.2) is 37.2 Å². The fourth-order valence-electron chi connectivity index (χ4n) is 3.04. The first kappa shape index (κ1) is 14.9. The Labute approximate surface area is 131 Å². The zero-order chi connectivity index (χ0) is 14.8. The molecule has 1 aliphatic heterocycles. The second kappa shape index (κ2) is 6.42. The van der Waals surface area contributed by atoms with E-state index < -0.39 is 0 Å². The molecule has 0 saturated heterocycles. The van der Waals surface area contributed by atoms with Gasteiger partial charge in [-0.25, -0.2) is 0 Å². The summed E-state index contributed by atoms with van der Waals surface area (Å²) < 4.78 is 11.3. The molecule has 116 valence electrons. The van der Waals surface area contributed by atoms with Crippen LogP contribution >= 0.6 is 11.6 Å². The first-order chi connectivity index (χ1) is 10.2. The van der Waals surface area contributed by atoms with E-state index >= 15 is 0 Å². The standard InChI is InChI=1S/C16H23ClN2O2/c1-2-5-19(12-3-4-12)14(10-18)11-8-13(17)16-15(9-11)20-6-7-21-16/h8-9,12,14H,2-7,10,18H2,1H3. The minimum Gasteiger partial charge on any atom is -0.486 e. The average molecular weight is 311 g/mol. The Kier molecular flexibility index (Phi) is 4.57. The van der Waals surface area contributed by atoms with Crippen LogP contribution in [0.4, 0.5) is 0 Å². The molecule has 3 rings (SSSR count). The molecule has 21 heavy (non-hydrogen) atoms. The van der Waals surface area contributed by atoms with Crippen LogP contribution in [-0.2, 0) is 0 Å². The molecule has 0 bridgehead atoms. The van der Waals surface area contributed by atoms with Gasteiger partial charge in [0, 0.05) is 18.6 Å². The molecule has 5 heteroatoms. The summed E-state index contributed by atoms with van der Waals surface area (Å²) in [6.45, 7) is 4.99. The highest BCUT2D eigenvalue weighted by atomic mass is 35.5. The SMILES string of the molecule is CCCN(C1CC1)C(CN)c1cc(Cl)c2c(c1)OCCO2. The van der Waals surface area contributed by atoms with Crippen LogP contribution < -0.4 is 15.2 Å². The topological polar surface area (TPSA) is 47.7 Å². The monoisotopic (exact) mass is 310 g/mol. The smallest absolute Gasteiger partial charge is 0.179 e. The molecule has 1 heterocycles. The summed E-state index contributed by atoms with van der Waals surface area (Å²) in [5, 5.41) is 0.618. The number of nitrogens with two attached hydrogens (primary N) is 1. The van der Waals surface area contributed by atoms with Gasteiger partial charge in [0.25, 0.3) is 0 Å². The van der Waals surface area contributed by atoms with E-state index in [1.165, 1.54) is 12.8 Å². The van der Waals surface area contributed by atoms with Gasteiger partial charge in [0.15, 0.2) is 11.5 Å². The predicted octanol–water partition coefficient (Wildman–Crippen LogP) is 2.99. The number of nitrogens with zero attached hydrogens (tertiary/aromatic N) is 1. The summed E-state index contributed by atoms with van der Waals surface area (Å²) in [4.78, 5) is 2.52. The molecule has 2 N–H and O–H groups in total. The fraction of sp³-hybridized carbons (Fsp3) is 0.625. The molecule has 2 aliphatic rings. The van der Waals surface area contributed by atoms with Crippen molar-refractivity contribution >= 4 is 11.6 Å². The number of benzene rings is 1. The van der Waals surface area contributed by atoms with Crippen LogP contribution in [0.5, 0.6) is 11.5 Å². The van der Waals surface area contributed by atoms with Crippen LogP contribution in [0.2, 0.25) is 5.02 Å². The van der Waals surface area contributed by atoms with E-state index in [0.717, 1.165) is 24.3 Å². The molecule has 1 saturated carbocycles. The lowest BCUT2D eigenvalue weighted by atomic mass is 10.0. The highest BCUT2D eigenvalue weighted by Crippen LogP contribution is 2.42. The number of hydrogen-bond acceptors (Lipinski definition) is 4. The number of fused-ring (bicyclic) bond motifs is 1. The van der Waals surface area contributed by atoms with Crippen molar-refractivity contribution in [1.29, 1.82) is 0 Å². The van der Waals surface area contributed by atoms with Gasteiger partial charge in [-0.05, 0) is 43.5 Å². The number of halogens is 1. The summed E-state index contributed by atoms with van der Waals surface area (Å²) in [6.07, 6.45) is 3.68. The normalized spacial score (nSPS) is 18.9. The molecule has 1 unspecified atom stereocenters. The molecule has 4 nitrogen and oxygen atoms in total. The lowest BCUT2D eigenvalue weighted by Crippen LogP contribution is -2.36. The largest absolute Gasteiger partial charge is 0.486 e. The number of ether oxygens (including phenoxy) is 2. The molecule has 0 radical (unpaired) electrons. The van der Waals surface area contributed by atoms with Gasteiger partial charge in [-0.2, -0.15) is 0 Å². The molecular formula is C16H23ClN2O2. The molecule has 1 atom stereocenters. The molecular weight excluding hydrogens is 288 g/mol. The Bertz CT molecular complexity index is 505. The molecule has 1 aromatic rings. The van der Waals surface area contributed by atoms with Crippen molar-refractivity contribution in [2.24, 2.45) is 5.73 Å². The maximum Gasteiger partial charge on any atom is 0.179 e. The minimum atomic E-state index is 0.200. The number of rotatable bonds is 6. The third-order valence-electron chi connectivity index (χ3n) is 4.13. The van der Waals surface area contributed by atoms with Gasteiger partial charge in [0.05, 0.1) is 5.02 Å². The maximum absolute atomic E-state index is 6.36. The van der Waals surface area contributed by atoms with Crippen LogP contribution in [0, 0.1) is 0 Å². The Morgan fingerprint density at radius 1 is 1.33 bits per heavy atom. The van der Waals surface area contributed by atoms with Gasteiger partial charge < -0.3 is 15.2 Å². The van der Waals surface area contributed by atoms with Crippen molar-refractivity contribution in [3.63, 3.8) is 0 Å². The average Bonchev–Trinajstić information content (AvgIpc) is 3.32. The van der Waals surface area contributed by atoms with Crippen molar-refractivity contribution < 1.29 is 9.47 Å². The van der Waals surface area contributed by atoms with Crippen LogP contribution in [0.3, 0.4) is 0 Å². The van der Waals surface area contributed by atoms with Gasteiger partial charge in [0.1, 0.15) is 13.2 Å². The van der Waals surface area contributed by atoms with Crippen LogP contribution in [0.15, 0.2) is 12.1 Å². The number of hydrogen-bond donors (Lipinski definition) is 1. The van der Waals surface area contributed by atoms with E-state index in [1.807, 2.05) is 12.1 Å². The lowest BCUT2D eigenvalue weighted by Gasteiger charge is -2.32. The van der Waals surface area contributed by atoms with E-state index in [2.05, 4.69) is 11.8 Å². The van der Waals surface area contributed by atoms with Crippen molar-refractivity contribution in [3.05, 3.63) is 22.7 Å². The molecule has 0 aromatic heterocycles. The van der Waals surface area contributed by atoms with Gasteiger partial charge in [-0.15, -0.1) is 0 Å². The Morgan fingerprint density at radius 2 is 2.10 bits per heavy atom. The lowest BCUT2D eigenvalue weighted by molar-refractivity contribution is 0.168. The first-order valence-electron chi connectivity index (χ1n) is 7.79.